The number of halogens is 3. The number of nitrogens with zero attached hydrogens (tertiary/aromatic N) is 2. The Labute approximate surface area is 127 Å². The van der Waals surface area contributed by atoms with Crippen molar-refractivity contribution in [3.8, 4) is 0 Å². The molecule has 1 rings (SSSR count). The Hall–Kier alpha value is -1.57. The molecule has 0 bridgehead atoms. The summed E-state index contributed by atoms with van der Waals surface area (Å²) in [4.78, 5) is 37.5. The summed E-state index contributed by atoms with van der Waals surface area (Å²) >= 11 is 17.2. The number of carbonyl (C=O) groups excluding carboxylic acids is 1. The Balaban J connectivity index is 3.15. The number of aliphatic carboxylic acids is 2. The lowest BCUT2D eigenvalue weighted by Gasteiger charge is -2.18. The van der Waals surface area contributed by atoms with Crippen LogP contribution in [0.2, 0.25) is 15.1 Å². The van der Waals surface area contributed by atoms with Gasteiger partial charge in [-0.1, -0.05) is 34.8 Å². The van der Waals surface area contributed by atoms with Gasteiger partial charge < -0.3 is 15.1 Å². The molecule has 0 saturated carbocycles. The lowest BCUT2D eigenvalue weighted by Crippen LogP contribution is -2.39. The van der Waals surface area contributed by atoms with E-state index >= 15 is 0 Å². The maximum Gasteiger partial charge on any atom is 0.323 e. The van der Waals surface area contributed by atoms with Gasteiger partial charge >= 0.3 is 11.9 Å². The lowest BCUT2D eigenvalue weighted by molar-refractivity contribution is -0.140. The number of carboxylic acid groups (broad SMARTS) is 2. The molecule has 0 aliphatic rings. The topological polar surface area (TPSA) is 108 Å². The molecule has 1 amide bonds. The van der Waals surface area contributed by atoms with Crippen LogP contribution in [0.3, 0.4) is 0 Å². The number of rotatable bonds is 5. The van der Waals surface area contributed by atoms with E-state index in [2.05, 4.69) is 4.98 Å². The van der Waals surface area contributed by atoms with Crippen LogP contribution < -0.4 is 0 Å². The molecule has 1 aromatic rings. The van der Waals surface area contributed by atoms with Crippen LogP contribution in [0.4, 0.5) is 0 Å². The van der Waals surface area contributed by atoms with Crippen LogP contribution >= 0.6 is 34.8 Å². The first-order valence-electron chi connectivity index (χ1n) is 4.96. The normalized spacial score (nSPS) is 10.2. The van der Waals surface area contributed by atoms with Crippen LogP contribution in [0.15, 0.2) is 6.20 Å². The van der Waals surface area contributed by atoms with Crippen molar-refractivity contribution in [3.63, 3.8) is 0 Å². The predicted octanol–water partition coefficient (Wildman–Crippen LogP) is 1.65. The van der Waals surface area contributed by atoms with Crippen LogP contribution in [-0.2, 0) is 9.59 Å². The van der Waals surface area contributed by atoms with Gasteiger partial charge in [-0.05, 0) is 0 Å². The first kappa shape index (κ1) is 16.5. The van der Waals surface area contributed by atoms with E-state index in [9.17, 15) is 14.4 Å². The summed E-state index contributed by atoms with van der Waals surface area (Å²) in [6.07, 6.45) is 1.06. The van der Waals surface area contributed by atoms with E-state index in [1.54, 1.807) is 0 Å². The van der Waals surface area contributed by atoms with Gasteiger partial charge in [-0.25, -0.2) is 4.98 Å². The van der Waals surface area contributed by atoms with Gasteiger partial charge in [-0.3, -0.25) is 14.4 Å². The Morgan fingerprint density at radius 2 is 1.55 bits per heavy atom. The minimum Gasteiger partial charge on any atom is -0.480 e. The van der Waals surface area contributed by atoms with Gasteiger partial charge in [0.1, 0.15) is 18.8 Å². The van der Waals surface area contributed by atoms with Crippen molar-refractivity contribution in [1.82, 2.24) is 9.88 Å². The molecule has 2 N–H and O–H groups in total. The highest BCUT2D eigenvalue weighted by molar-refractivity contribution is 6.48. The van der Waals surface area contributed by atoms with Crippen molar-refractivity contribution in [2.45, 2.75) is 0 Å². The Bertz CT molecular complexity index is 562. The average Bonchev–Trinajstić information content (AvgIpc) is 2.33. The number of carbonyl (C=O) groups is 3. The molecule has 0 aromatic carbocycles. The van der Waals surface area contributed by atoms with Crippen LogP contribution in [0.1, 0.15) is 10.5 Å². The molecular weight excluding hydrogens is 334 g/mol. The van der Waals surface area contributed by atoms with Crippen molar-refractivity contribution in [1.29, 1.82) is 0 Å². The smallest absolute Gasteiger partial charge is 0.323 e. The molecule has 1 heterocycles. The molecule has 0 fully saturated rings. The van der Waals surface area contributed by atoms with Gasteiger partial charge in [0, 0.05) is 6.20 Å². The largest absolute Gasteiger partial charge is 0.480 e. The van der Waals surface area contributed by atoms with Gasteiger partial charge in [-0.15, -0.1) is 0 Å². The van der Waals surface area contributed by atoms with Gasteiger partial charge in [-0.2, -0.15) is 0 Å². The second-order valence-electron chi connectivity index (χ2n) is 3.53. The molecule has 20 heavy (non-hydrogen) atoms. The first-order valence-corrected chi connectivity index (χ1v) is 6.09. The standard InChI is InChI=1S/C10H7Cl3N2O5/c11-4-1-14-9(8(13)7(4)12)10(20)15(2-5(16)17)3-6(18)19/h1H,2-3H2,(H,16,17)(H,18,19). The van der Waals surface area contributed by atoms with Crippen LogP contribution in [0.25, 0.3) is 0 Å². The van der Waals surface area contributed by atoms with Gasteiger partial charge in [0.25, 0.3) is 5.91 Å². The average molecular weight is 342 g/mol. The molecule has 0 aliphatic carbocycles. The number of hydrogen-bond donors (Lipinski definition) is 2. The summed E-state index contributed by atoms with van der Waals surface area (Å²) in [5.74, 6) is -3.73. The van der Waals surface area contributed by atoms with Crippen molar-refractivity contribution in [2.75, 3.05) is 13.1 Å². The van der Waals surface area contributed by atoms with Crippen LogP contribution in [0, 0.1) is 0 Å². The highest BCUT2D eigenvalue weighted by Crippen LogP contribution is 2.31. The number of amides is 1. The zero-order valence-electron chi connectivity index (χ0n) is 9.64. The minimum atomic E-state index is -1.38. The maximum atomic E-state index is 12.1. The van der Waals surface area contributed by atoms with Gasteiger partial charge in [0.2, 0.25) is 0 Å². The van der Waals surface area contributed by atoms with E-state index in [1.165, 1.54) is 0 Å². The second kappa shape index (κ2) is 6.74. The molecule has 10 heteroatoms. The second-order valence-corrected chi connectivity index (χ2v) is 4.69. The molecular formula is C10H7Cl3N2O5. The third-order valence-electron chi connectivity index (χ3n) is 2.06. The molecule has 1 aromatic heterocycles. The predicted molar refractivity (Wildman–Crippen MR) is 70.4 cm³/mol. The van der Waals surface area contributed by atoms with Crippen molar-refractivity contribution >= 4 is 52.6 Å². The summed E-state index contributed by atoms with van der Waals surface area (Å²) < 4.78 is 0. The van der Waals surface area contributed by atoms with E-state index in [4.69, 9.17) is 45.0 Å². The van der Waals surface area contributed by atoms with Crippen LogP contribution in [-0.4, -0.2) is 51.0 Å². The Morgan fingerprint density at radius 1 is 1.05 bits per heavy atom. The molecule has 0 unspecified atom stereocenters. The fourth-order valence-corrected chi connectivity index (χ4v) is 1.83. The molecule has 108 valence electrons. The highest BCUT2D eigenvalue weighted by Gasteiger charge is 2.25. The van der Waals surface area contributed by atoms with Crippen molar-refractivity contribution < 1.29 is 24.6 Å². The molecule has 0 spiro atoms. The Morgan fingerprint density at radius 3 is 2.00 bits per heavy atom. The number of aromatic nitrogens is 1. The van der Waals surface area contributed by atoms with Gasteiger partial charge in [0.15, 0.2) is 0 Å². The van der Waals surface area contributed by atoms with Crippen molar-refractivity contribution in [2.24, 2.45) is 0 Å². The minimum absolute atomic E-state index is 0.0104. The summed E-state index contributed by atoms with van der Waals surface area (Å²) in [5, 5.41) is 17.0. The summed E-state index contributed by atoms with van der Waals surface area (Å²) in [5.41, 5.74) is -0.372. The molecule has 7 nitrogen and oxygen atoms in total. The molecule has 0 saturated heterocycles. The van der Waals surface area contributed by atoms with E-state index in [0.717, 1.165) is 6.20 Å². The van der Waals surface area contributed by atoms with Gasteiger partial charge in [0.05, 0.1) is 15.1 Å². The molecule has 0 atom stereocenters. The summed E-state index contributed by atoms with van der Waals surface area (Å²) in [7, 11) is 0. The SMILES string of the molecule is O=C(O)CN(CC(=O)O)C(=O)c1ncc(Cl)c(Cl)c1Cl. The summed E-state index contributed by atoms with van der Waals surface area (Å²) in [6.45, 7) is -1.63. The van der Waals surface area contributed by atoms with E-state index in [-0.39, 0.29) is 20.8 Å². The van der Waals surface area contributed by atoms with E-state index in [1.807, 2.05) is 0 Å². The molecule has 0 radical (unpaired) electrons. The van der Waals surface area contributed by atoms with Crippen molar-refractivity contribution in [3.05, 3.63) is 27.0 Å². The maximum absolute atomic E-state index is 12.1. The Kier molecular flexibility index (Phi) is 5.55. The zero-order chi connectivity index (χ0) is 15.4. The zero-order valence-corrected chi connectivity index (χ0v) is 11.9. The fraction of sp³-hybridized carbons (Fsp3) is 0.200. The van der Waals surface area contributed by atoms with Crippen LogP contribution in [0.5, 0.6) is 0 Å². The number of hydrogen-bond acceptors (Lipinski definition) is 4. The lowest BCUT2D eigenvalue weighted by atomic mass is 10.3. The highest BCUT2D eigenvalue weighted by atomic mass is 35.5. The number of pyridine rings is 1. The van der Waals surface area contributed by atoms with E-state index in [0.29, 0.717) is 4.90 Å². The third-order valence-corrected chi connectivity index (χ3v) is 3.30. The number of carboxylic acids is 2. The first-order chi connectivity index (χ1) is 9.23. The molecule has 0 aliphatic heterocycles. The quantitative estimate of drug-likeness (QED) is 0.843. The van der Waals surface area contributed by atoms with E-state index < -0.39 is 30.9 Å². The third kappa shape index (κ3) is 3.96. The fourth-order valence-electron chi connectivity index (χ4n) is 1.27. The monoisotopic (exact) mass is 340 g/mol. The summed E-state index contributed by atoms with van der Waals surface area (Å²) in [6, 6.07) is 0.